The monoisotopic (exact) mass is 532 g/mol. The molecular formula is C27H33ClN2O7. The van der Waals surface area contributed by atoms with Crippen LogP contribution in [0.2, 0.25) is 5.02 Å². The topological polar surface area (TPSA) is 119 Å². The molecule has 1 aromatic carbocycles. The highest BCUT2D eigenvalue weighted by atomic mass is 35.5. The zero-order chi connectivity index (χ0) is 27.0. The molecule has 1 aromatic rings. The van der Waals surface area contributed by atoms with Crippen LogP contribution in [0.3, 0.4) is 0 Å². The van der Waals surface area contributed by atoms with Gasteiger partial charge in [-0.25, -0.2) is 4.79 Å². The summed E-state index contributed by atoms with van der Waals surface area (Å²) in [4.78, 5) is 25.2. The molecule has 3 aliphatic heterocycles. The SMILES string of the molecule is COc1cc2cc(c1Cl)NC(=O)/C=C\C1(C)OC1C(C)C1CC(O)(NC(=O)O1)C(OC)/C=C/C=C(\C)C2. The van der Waals surface area contributed by atoms with Gasteiger partial charge in [0.2, 0.25) is 5.91 Å². The molecule has 0 spiro atoms. The molecule has 0 aromatic heterocycles. The fraction of sp³-hybridized carbons (Fsp3) is 0.481. The molecule has 3 N–H and O–H groups in total. The van der Waals surface area contributed by atoms with Crippen molar-refractivity contribution in [2.45, 2.75) is 63.3 Å². The number of benzene rings is 1. The number of fused-ring (bicyclic) bond motifs is 5. The number of rotatable bonds is 2. The molecule has 2 fully saturated rings. The van der Waals surface area contributed by atoms with Crippen LogP contribution < -0.4 is 15.4 Å². The zero-order valence-corrected chi connectivity index (χ0v) is 22.3. The second-order valence-corrected chi connectivity index (χ2v) is 10.4. The number of carbonyl (C=O) groups excluding carboxylic acids is 2. The van der Waals surface area contributed by atoms with Crippen molar-refractivity contribution in [1.82, 2.24) is 5.32 Å². The summed E-state index contributed by atoms with van der Waals surface area (Å²) in [6.07, 6.45) is 6.56. The number of carbonyl (C=O) groups is 2. The second-order valence-electron chi connectivity index (χ2n) is 9.99. The predicted molar refractivity (Wildman–Crippen MR) is 139 cm³/mol. The molecule has 0 aliphatic carbocycles. The summed E-state index contributed by atoms with van der Waals surface area (Å²) in [6.45, 7) is 5.69. The number of ether oxygens (including phenoxy) is 4. The predicted octanol–water partition coefficient (Wildman–Crippen LogP) is 3.90. The van der Waals surface area contributed by atoms with Crippen molar-refractivity contribution in [2.24, 2.45) is 5.92 Å². The Bertz CT molecular complexity index is 1170. The molecule has 3 heterocycles. The van der Waals surface area contributed by atoms with Crippen molar-refractivity contribution in [3.05, 3.63) is 58.7 Å². The third-order valence-electron chi connectivity index (χ3n) is 7.06. The van der Waals surface area contributed by atoms with E-state index in [4.69, 9.17) is 30.5 Å². The number of hydrogen-bond donors (Lipinski definition) is 3. The van der Waals surface area contributed by atoms with E-state index in [0.29, 0.717) is 22.9 Å². The Morgan fingerprint density at radius 3 is 2.70 bits per heavy atom. The number of amides is 2. The normalized spacial score (nSPS) is 37.1. The number of epoxide rings is 1. The van der Waals surface area contributed by atoms with Gasteiger partial charge in [0, 0.05) is 25.5 Å². The quantitative estimate of drug-likeness (QED) is 0.494. The van der Waals surface area contributed by atoms with Crippen LogP contribution in [0.4, 0.5) is 10.5 Å². The summed E-state index contributed by atoms with van der Waals surface area (Å²) in [7, 11) is 2.99. The van der Waals surface area contributed by atoms with Crippen molar-refractivity contribution in [1.29, 1.82) is 0 Å². The van der Waals surface area contributed by atoms with E-state index in [1.807, 2.05) is 39.0 Å². The van der Waals surface area contributed by atoms with Crippen LogP contribution >= 0.6 is 11.6 Å². The van der Waals surface area contributed by atoms with Gasteiger partial charge in [-0.2, -0.15) is 0 Å². The molecule has 10 heteroatoms. The first-order chi connectivity index (χ1) is 17.5. The zero-order valence-electron chi connectivity index (χ0n) is 21.5. The van der Waals surface area contributed by atoms with E-state index in [1.54, 1.807) is 18.2 Å². The lowest BCUT2D eigenvalue weighted by Gasteiger charge is -2.42. The molecule has 9 nitrogen and oxygen atoms in total. The van der Waals surface area contributed by atoms with E-state index in [0.717, 1.165) is 11.1 Å². The smallest absolute Gasteiger partial charge is 0.409 e. The minimum atomic E-state index is -1.68. The van der Waals surface area contributed by atoms with E-state index in [9.17, 15) is 14.7 Å². The molecule has 2 amide bonds. The molecule has 0 radical (unpaired) electrons. The molecule has 4 bridgehead atoms. The van der Waals surface area contributed by atoms with Gasteiger partial charge in [-0.3, -0.25) is 10.1 Å². The van der Waals surface area contributed by atoms with E-state index in [2.05, 4.69) is 10.6 Å². The highest BCUT2D eigenvalue weighted by Gasteiger charge is 2.57. The Hall–Kier alpha value is -2.85. The van der Waals surface area contributed by atoms with Gasteiger partial charge in [0.1, 0.15) is 28.6 Å². The first-order valence-electron chi connectivity index (χ1n) is 12.1. The maximum Gasteiger partial charge on any atom is 0.409 e. The number of nitrogens with one attached hydrogen (secondary N) is 2. The van der Waals surface area contributed by atoms with Crippen molar-refractivity contribution in [3.63, 3.8) is 0 Å². The molecule has 3 aliphatic rings. The Balaban J connectivity index is 1.72. The van der Waals surface area contributed by atoms with E-state index in [1.165, 1.54) is 20.3 Å². The van der Waals surface area contributed by atoms with E-state index >= 15 is 0 Å². The van der Waals surface area contributed by atoms with Crippen LogP contribution in [0.5, 0.6) is 5.75 Å². The summed E-state index contributed by atoms with van der Waals surface area (Å²) in [6, 6.07) is 3.63. The van der Waals surface area contributed by atoms with Gasteiger partial charge in [-0.1, -0.05) is 42.3 Å². The number of methoxy groups -OCH3 is 2. The number of hydrogen-bond acceptors (Lipinski definition) is 7. The van der Waals surface area contributed by atoms with Crippen LogP contribution in [-0.2, 0) is 25.4 Å². The first-order valence-corrected chi connectivity index (χ1v) is 12.5. The fourth-order valence-corrected chi connectivity index (χ4v) is 5.20. The Kier molecular flexibility index (Phi) is 7.71. The minimum absolute atomic E-state index is 0.0930. The average Bonchev–Trinajstić information content (AvgIpc) is 3.52. The lowest BCUT2D eigenvalue weighted by Crippen LogP contribution is -2.63. The molecule has 0 saturated carbocycles. The van der Waals surface area contributed by atoms with Crippen LogP contribution in [0.1, 0.15) is 32.8 Å². The second kappa shape index (κ2) is 10.5. The van der Waals surface area contributed by atoms with Gasteiger partial charge in [-0.15, -0.1) is 0 Å². The van der Waals surface area contributed by atoms with Gasteiger partial charge < -0.3 is 29.4 Å². The molecule has 2 saturated heterocycles. The van der Waals surface area contributed by atoms with Crippen LogP contribution in [0.25, 0.3) is 0 Å². The summed E-state index contributed by atoms with van der Waals surface area (Å²) < 4.78 is 22.4. The fourth-order valence-electron chi connectivity index (χ4n) is 4.97. The Labute approximate surface area is 221 Å². The third kappa shape index (κ3) is 5.85. The van der Waals surface area contributed by atoms with E-state index < -0.39 is 29.6 Å². The Morgan fingerprint density at radius 2 is 2.00 bits per heavy atom. The molecule has 4 rings (SSSR count). The van der Waals surface area contributed by atoms with Crippen LogP contribution in [0.15, 0.2) is 48.1 Å². The number of aliphatic hydroxyl groups is 1. The summed E-state index contributed by atoms with van der Waals surface area (Å²) in [5.41, 5.74) is -0.102. The van der Waals surface area contributed by atoms with Gasteiger partial charge in [0.15, 0.2) is 5.72 Å². The molecular weight excluding hydrogens is 500 g/mol. The van der Waals surface area contributed by atoms with Gasteiger partial charge in [0.25, 0.3) is 0 Å². The summed E-state index contributed by atoms with van der Waals surface area (Å²) in [5, 5.41) is 17.0. The first kappa shape index (κ1) is 27.2. The number of halogens is 1. The molecule has 6 atom stereocenters. The molecule has 37 heavy (non-hydrogen) atoms. The third-order valence-corrected chi connectivity index (χ3v) is 7.45. The summed E-state index contributed by atoms with van der Waals surface area (Å²) in [5.74, 6) is -0.192. The number of allylic oxidation sites excluding steroid dienone is 3. The van der Waals surface area contributed by atoms with E-state index in [-0.39, 0.29) is 24.3 Å². The van der Waals surface area contributed by atoms with Crippen LogP contribution in [0, 0.1) is 5.92 Å². The highest BCUT2D eigenvalue weighted by molar-refractivity contribution is 6.35. The minimum Gasteiger partial charge on any atom is -0.495 e. The maximum atomic E-state index is 12.8. The van der Waals surface area contributed by atoms with Gasteiger partial charge in [0.05, 0.1) is 18.9 Å². The van der Waals surface area contributed by atoms with Crippen molar-refractivity contribution < 1.29 is 33.6 Å². The average molecular weight is 533 g/mol. The van der Waals surface area contributed by atoms with Crippen molar-refractivity contribution >= 4 is 29.3 Å². The Morgan fingerprint density at radius 1 is 1.24 bits per heavy atom. The van der Waals surface area contributed by atoms with Crippen LogP contribution in [-0.4, -0.2) is 61.0 Å². The number of anilines is 1. The lowest BCUT2D eigenvalue weighted by atomic mass is 9.85. The van der Waals surface area contributed by atoms with Crippen molar-refractivity contribution in [2.75, 3.05) is 19.5 Å². The highest BCUT2D eigenvalue weighted by Crippen LogP contribution is 2.45. The van der Waals surface area contributed by atoms with Gasteiger partial charge in [-0.05, 0) is 44.0 Å². The molecule has 200 valence electrons. The maximum absolute atomic E-state index is 12.8. The largest absolute Gasteiger partial charge is 0.495 e. The lowest BCUT2D eigenvalue weighted by molar-refractivity contribution is -0.142. The number of alkyl carbamates (subject to hydrolysis) is 1. The van der Waals surface area contributed by atoms with Crippen molar-refractivity contribution in [3.8, 4) is 5.75 Å². The standard InChI is InChI=1S/C27H33ClN2O7/c1-15-7-6-8-21(35-5)27(33)14-20(36-25(32)30-27)16(2)24-26(3,37-24)10-9-22(31)29-18-12-17(11-15)13-19(34-4)23(18)28/h6-10,12-13,16,20-21,24,33H,11,14H2,1-5H3,(H,29,31)(H,30,32)/b8-6+,10-9-,15-7+. The van der Waals surface area contributed by atoms with Gasteiger partial charge >= 0.3 is 6.09 Å². The summed E-state index contributed by atoms with van der Waals surface area (Å²) >= 11 is 6.47. The molecule has 6 unspecified atom stereocenters.